The fraction of sp³-hybridized carbons (Fsp3) is 0.467. The quantitative estimate of drug-likeness (QED) is 0.0189. The molecule has 30 heteroatoms. The van der Waals surface area contributed by atoms with Gasteiger partial charge in [-0.2, -0.15) is 0 Å². The maximum atomic E-state index is 13.5. The third kappa shape index (κ3) is 36.2. The summed E-state index contributed by atoms with van der Waals surface area (Å²) < 4.78 is 172. The van der Waals surface area contributed by atoms with Crippen LogP contribution in [0.15, 0.2) is 108 Å². The van der Waals surface area contributed by atoms with Crippen molar-refractivity contribution in [2.45, 2.75) is 132 Å². The van der Waals surface area contributed by atoms with E-state index >= 15 is 0 Å². The molecule has 18 nitrogen and oxygen atoms in total. The van der Waals surface area contributed by atoms with Gasteiger partial charge in [-0.15, -0.1) is 0 Å². The van der Waals surface area contributed by atoms with Crippen molar-refractivity contribution in [3.8, 4) is 0 Å². The van der Waals surface area contributed by atoms with Crippen LogP contribution in [0.25, 0.3) is 0 Å². The molecule has 0 saturated carbocycles. The topological polar surface area (TPSA) is 344 Å². The number of allylic oxidation sites excluding steroid dienone is 6. The standard InChI is InChI=1S/3C15H22FO6PS.3K/c3*1-12(10-11-13-7-3-4-8-14(13)16)6-2-5-9-15(23(17,18)19)24(20,21)22;;;/h3*3-4,6-8,15H,2,5,9-11H2,1H3,(H2,17,18,19)(H,20,21,22);;;/q;;;3*+1/p-3/b3*12-6+;;;. The molecule has 3 unspecified atom stereocenters. The van der Waals surface area contributed by atoms with Crippen LogP contribution < -0.4 is 154 Å². The van der Waals surface area contributed by atoms with Gasteiger partial charge >= 0.3 is 177 Å². The van der Waals surface area contributed by atoms with E-state index in [1.54, 1.807) is 72.8 Å². The van der Waals surface area contributed by atoms with Gasteiger partial charge in [-0.1, -0.05) is 89.5 Å². The molecule has 408 valence electrons. The van der Waals surface area contributed by atoms with Crippen LogP contribution in [0.2, 0.25) is 0 Å². The van der Waals surface area contributed by atoms with Crippen LogP contribution in [0, 0.1) is 17.5 Å². The molecule has 3 atom stereocenters. The van der Waals surface area contributed by atoms with Gasteiger partial charge in [0.1, 0.15) is 47.8 Å². The summed E-state index contributed by atoms with van der Waals surface area (Å²) in [5.74, 6) is -0.804. The average molecular weight is 1260 g/mol. The number of hydrogen-bond acceptors (Lipinski definition) is 12. The Bertz CT molecular complexity index is 2490. The fourth-order valence-corrected chi connectivity index (χ4v) is 13.7. The zero-order valence-electron chi connectivity index (χ0n) is 42.8. The summed E-state index contributed by atoms with van der Waals surface area (Å²) in [7, 11) is -30.1. The molecule has 6 N–H and O–H groups in total. The zero-order valence-corrected chi connectivity index (χ0v) is 57.3. The van der Waals surface area contributed by atoms with Crippen LogP contribution in [-0.4, -0.2) is 83.2 Å². The minimum atomic E-state index is -5.05. The molecule has 0 aliphatic rings. The first-order valence-corrected chi connectivity index (χ1v) is 31.7. The molecule has 0 aliphatic heterocycles. The summed E-state index contributed by atoms with van der Waals surface area (Å²) in [5, 5.41) is 0. The summed E-state index contributed by atoms with van der Waals surface area (Å²) >= 11 is 0. The summed E-state index contributed by atoms with van der Waals surface area (Å²) in [6, 6.07) is 19.4. The van der Waals surface area contributed by atoms with Crippen LogP contribution in [-0.2, 0) is 63.3 Å². The van der Waals surface area contributed by atoms with Gasteiger partial charge in [0.2, 0.25) is 0 Å². The predicted octanol–water partition coefficient (Wildman–Crippen LogP) is -0.216. The van der Waals surface area contributed by atoms with E-state index in [-0.39, 0.29) is 191 Å². The normalized spacial score (nSPS) is 14.0. The Morgan fingerprint density at radius 1 is 0.453 bits per heavy atom. The summed E-state index contributed by atoms with van der Waals surface area (Å²) in [6.07, 6.45) is 9.26. The molecule has 0 aromatic heterocycles. The van der Waals surface area contributed by atoms with Crippen molar-refractivity contribution in [2.24, 2.45) is 0 Å². The maximum absolute atomic E-state index is 13.5. The predicted molar refractivity (Wildman–Crippen MR) is 264 cm³/mol. The van der Waals surface area contributed by atoms with Crippen molar-refractivity contribution < 1.29 is 249 Å². The van der Waals surface area contributed by atoms with Crippen molar-refractivity contribution in [1.82, 2.24) is 0 Å². The number of aryl methyl sites for hydroxylation is 3. The van der Waals surface area contributed by atoms with Gasteiger partial charge in [-0.25, -0.2) is 38.4 Å². The van der Waals surface area contributed by atoms with Crippen LogP contribution in [0.3, 0.4) is 0 Å². The molecule has 3 aromatic rings. The van der Waals surface area contributed by atoms with Crippen LogP contribution in [0.5, 0.6) is 0 Å². The Hall–Kier alpha value is 1.76. The molecule has 0 radical (unpaired) electrons. The van der Waals surface area contributed by atoms with Gasteiger partial charge in [0.05, 0.1) is 0 Å². The smallest absolute Gasteiger partial charge is 0.747 e. The molecule has 3 aromatic carbocycles. The average Bonchev–Trinajstić information content (AvgIpc) is 3.23. The largest absolute Gasteiger partial charge is 1.00 e. The van der Waals surface area contributed by atoms with E-state index in [2.05, 4.69) is 0 Å². The zero-order chi connectivity index (χ0) is 55.1. The second kappa shape index (κ2) is 39.3. The van der Waals surface area contributed by atoms with Gasteiger partial charge in [-0.05, 0) is 152 Å². The molecular formula is C45H63F3K3O18P3S3. The third-order valence-corrected chi connectivity index (χ3v) is 21.3. The first-order chi connectivity index (χ1) is 33.0. The SMILES string of the molecule is C/C(=C\CCCC(P(=O)(O)O)S(=O)(=O)[O-])CCc1ccccc1F.C/C(=C\CCCC(P(=O)(O)O)S(=O)(=O)[O-])CCc1ccccc1F.C/C(=C\CCCC(P(=O)(O)O)S(=O)(=O)[O-])CCc1ccccc1F.[K+].[K+].[K+]. The van der Waals surface area contributed by atoms with Gasteiger partial charge < -0.3 is 43.0 Å². The molecule has 75 heavy (non-hydrogen) atoms. The number of rotatable bonds is 27. The minimum absolute atomic E-state index is 0. The molecule has 0 bridgehead atoms. The van der Waals surface area contributed by atoms with E-state index in [1.165, 1.54) is 18.2 Å². The van der Waals surface area contributed by atoms with Crippen LogP contribution >= 0.6 is 22.8 Å². The Morgan fingerprint density at radius 2 is 0.653 bits per heavy atom. The van der Waals surface area contributed by atoms with Crippen molar-refractivity contribution in [3.63, 3.8) is 0 Å². The number of benzene rings is 3. The molecule has 0 fully saturated rings. The molecule has 0 aliphatic carbocycles. The number of unbranched alkanes of at least 4 members (excludes halogenated alkanes) is 3. The van der Waals surface area contributed by atoms with Gasteiger partial charge in [0, 0.05) is 0 Å². The molecule has 3 rings (SSSR count). The van der Waals surface area contributed by atoms with E-state index < -0.39 is 87.4 Å². The molecule has 0 saturated heterocycles. The van der Waals surface area contributed by atoms with E-state index in [9.17, 15) is 65.8 Å². The van der Waals surface area contributed by atoms with Gasteiger partial charge in [0.25, 0.3) is 0 Å². The second-order valence-electron chi connectivity index (χ2n) is 16.8. The number of halogens is 3. The van der Waals surface area contributed by atoms with E-state index in [0.29, 0.717) is 74.5 Å². The molecule has 0 heterocycles. The van der Waals surface area contributed by atoms with Crippen molar-refractivity contribution in [3.05, 3.63) is 142 Å². The first kappa shape index (κ1) is 81.0. The molecule has 0 amide bonds. The van der Waals surface area contributed by atoms with Crippen molar-refractivity contribution >= 4 is 53.1 Å². The van der Waals surface area contributed by atoms with Gasteiger partial charge in [0.15, 0.2) is 15.0 Å². The van der Waals surface area contributed by atoms with Gasteiger partial charge in [-0.3, -0.25) is 13.7 Å². The van der Waals surface area contributed by atoms with Crippen molar-refractivity contribution in [1.29, 1.82) is 0 Å². The van der Waals surface area contributed by atoms with Crippen LogP contribution in [0.1, 0.15) is 115 Å². The Morgan fingerprint density at radius 3 is 0.827 bits per heavy atom. The summed E-state index contributed by atoms with van der Waals surface area (Å²) in [4.78, 5) is 47.0. The second-order valence-corrected chi connectivity index (χ2v) is 27.9. The van der Waals surface area contributed by atoms with E-state index in [0.717, 1.165) is 16.7 Å². The minimum Gasteiger partial charge on any atom is -0.747 e. The van der Waals surface area contributed by atoms with Crippen molar-refractivity contribution in [2.75, 3.05) is 0 Å². The summed E-state index contributed by atoms with van der Waals surface area (Å²) in [6.45, 7) is 5.52. The molecular weight excluding hydrogens is 1190 g/mol. The number of hydrogen-bond donors (Lipinski definition) is 6. The third-order valence-electron chi connectivity index (χ3n) is 10.8. The van der Waals surface area contributed by atoms with Crippen LogP contribution in [0.4, 0.5) is 13.2 Å². The fourth-order valence-electron chi connectivity index (χ4n) is 6.77. The summed E-state index contributed by atoms with van der Waals surface area (Å²) in [5.41, 5.74) is 4.67. The Kier molecular flexibility index (Phi) is 42.5. The Labute approximate surface area is 567 Å². The first-order valence-electron chi connectivity index (χ1n) is 22.2. The monoisotopic (exact) mass is 1250 g/mol. The van der Waals surface area contributed by atoms with E-state index in [1.807, 2.05) is 20.8 Å². The molecule has 0 spiro atoms. The maximum Gasteiger partial charge on any atom is 1.00 e. The Balaban J connectivity index is -0.00000102. The van der Waals surface area contributed by atoms with E-state index in [4.69, 9.17) is 29.4 Å².